The average Bonchev–Trinajstić information content (AvgIpc) is 2.33. The maximum Gasteiger partial charge on any atom is 0.261 e. The normalized spacial score (nSPS) is 11.3. The van der Waals surface area contributed by atoms with Crippen LogP contribution in [0.4, 0.5) is 5.69 Å². The third-order valence-corrected chi connectivity index (χ3v) is 4.54. The van der Waals surface area contributed by atoms with Gasteiger partial charge in [-0.2, -0.15) is 0 Å². The van der Waals surface area contributed by atoms with Gasteiger partial charge in [-0.1, -0.05) is 27.5 Å². The lowest BCUT2D eigenvalue weighted by molar-refractivity contribution is 0.475. The lowest BCUT2D eigenvalue weighted by atomic mass is 10.3. The van der Waals surface area contributed by atoms with Gasteiger partial charge in [0.15, 0.2) is 0 Å². The molecule has 0 saturated heterocycles. The molecule has 100 valence electrons. The van der Waals surface area contributed by atoms with E-state index in [0.717, 1.165) is 4.47 Å². The number of phenols is 1. The van der Waals surface area contributed by atoms with Crippen molar-refractivity contribution in [3.63, 3.8) is 0 Å². The molecule has 0 fully saturated rings. The highest BCUT2D eigenvalue weighted by Gasteiger charge is 2.15. The zero-order chi connectivity index (χ0) is 14.0. The van der Waals surface area contributed by atoms with Crippen molar-refractivity contribution in [1.29, 1.82) is 0 Å². The SMILES string of the molecule is O=S(=O)(Nc1ccc(O)cc1Cl)c1ccc(Br)cc1. The first-order chi connectivity index (χ1) is 8.88. The Morgan fingerprint density at radius 2 is 1.74 bits per heavy atom. The highest BCUT2D eigenvalue weighted by atomic mass is 79.9. The van der Waals surface area contributed by atoms with Gasteiger partial charge in [-0.25, -0.2) is 8.42 Å². The number of aromatic hydroxyl groups is 1. The van der Waals surface area contributed by atoms with Crippen molar-refractivity contribution in [3.8, 4) is 5.75 Å². The Labute approximate surface area is 124 Å². The molecule has 2 aromatic carbocycles. The monoisotopic (exact) mass is 361 g/mol. The number of hydrogen-bond acceptors (Lipinski definition) is 3. The van der Waals surface area contributed by atoms with Gasteiger partial charge < -0.3 is 5.11 Å². The molecule has 0 radical (unpaired) electrons. The first kappa shape index (κ1) is 14.2. The molecule has 2 N–H and O–H groups in total. The molecule has 0 spiro atoms. The molecular weight excluding hydrogens is 354 g/mol. The molecule has 0 saturated carbocycles. The minimum absolute atomic E-state index is 0.0309. The summed E-state index contributed by atoms with van der Waals surface area (Å²) in [4.78, 5) is 0.125. The van der Waals surface area contributed by atoms with Gasteiger partial charge in [0.25, 0.3) is 10.0 Å². The summed E-state index contributed by atoms with van der Waals surface area (Å²) in [7, 11) is -3.70. The van der Waals surface area contributed by atoms with Crippen LogP contribution in [0.1, 0.15) is 0 Å². The summed E-state index contributed by atoms with van der Waals surface area (Å²) >= 11 is 9.09. The van der Waals surface area contributed by atoms with Gasteiger partial charge in [0.2, 0.25) is 0 Å². The molecule has 2 rings (SSSR count). The van der Waals surface area contributed by atoms with E-state index in [1.807, 2.05) is 0 Å². The van der Waals surface area contributed by atoms with Crippen molar-refractivity contribution < 1.29 is 13.5 Å². The van der Waals surface area contributed by atoms with Crippen LogP contribution in [0.3, 0.4) is 0 Å². The van der Waals surface area contributed by atoms with Gasteiger partial charge in [0.05, 0.1) is 15.6 Å². The van der Waals surface area contributed by atoms with Crippen molar-refractivity contribution in [2.45, 2.75) is 4.90 Å². The molecule has 0 aliphatic heterocycles. The van der Waals surface area contributed by atoms with Gasteiger partial charge in [0, 0.05) is 10.5 Å². The van der Waals surface area contributed by atoms with Crippen molar-refractivity contribution in [2.75, 3.05) is 4.72 Å². The zero-order valence-electron chi connectivity index (χ0n) is 9.47. The van der Waals surface area contributed by atoms with Crippen LogP contribution in [0.15, 0.2) is 51.8 Å². The lowest BCUT2D eigenvalue weighted by Gasteiger charge is -2.09. The molecular formula is C12H9BrClNO3S. The van der Waals surface area contributed by atoms with Crippen LogP contribution in [0, 0.1) is 0 Å². The molecule has 2 aromatic rings. The third-order valence-electron chi connectivity index (χ3n) is 2.32. The average molecular weight is 363 g/mol. The summed E-state index contributed by atoms with van der Waals surface area (Å²) in [6.07, 6.45) is 0. The second-order valence-corrected chi connectivity index (χ2v) is 6.73. The number of anilines is 1. The number of nitrogens with one attached hydrogen (secondary N) is 1. The maximum atomic E-state index is 12.1. The predicted octanol–water partition coefficient (Wildman–Crippen LogP) is 3.61. The Hall–Kier alpha value is -1.24. The summed E-state index contributed by atoms with van der Waals surface area (Å²) in [6, 6.07) is 10.2. The van der Waals surface area contributed by atoms with E-state index in [-0.39, 0.29) is 21.4 Å². The van der Waals surface area contributed by atoms with Crippen molar-refractivity contribution >= 4 is 43.2 Å². The van der Waals surface area contributed by atoms with Crippen molar-refractivity contribution in [1.82, 2.24) is 0 Å². The summed E-state index contributed by atoms with van der Waals surface area (Å²) in [6.45, 7) is 0. The van der Waals surface area contributed by atoms with E-state index in [1.54, 1.807) is 12.1 Å². The minimum atomic E-state index is -3.70. The highest BCUT2D eigenvalue weighted by molar-refractivity contribution is 9.10. The van der Waals surface area contributed by atoms with Crippen molar-refractivity contribution in [2.24, 2.45) is 0 Å². The third kappa shape index (κ3) is 3.40. The first-order valence-electron chi connectivity index (χ1n) is 5.15. The quantitative estimate of drug-likeness (QED) is 0.820. The molecule has 0 atom stereocenters. The fraction of sp³-hybridized carbons (Fsp3) is 0. The largest absolute Gasteiger partial charge is 0.508 e. The van der Waals surface area contributed by atoms with E-state index in [1.165, 1.54) is 30.3 Å². The number of benzene rings is 2. The Balaban J connectivity index is 2.33. The Morgan fingerprint density at radius 3 is 2.32 bits per heavy atom. The van der Waals surface area contributed by atoms with Crippen LogP contribution in [-0.4, -0.2) is 13.5 Å². The van der Waals surface area contributed by atoms with Crippen LogP contribution in [0.2, 0.25) is 5.02 Å². The molecule has 0 aliphatic rings. The van der Waals surface area contributed by atoms with Gasteiger partial charge >= 0.3 is 0 Å². The van der Waals surface area contributed by atoms with Gasteiger partial charge in [-0.05, 0) is 36.4 Å². The molecule has 0 aliphatic carbocycles. The molecule has 7 heteroatoms. The van der Waals surface area contributed by atoms with E-state index in [0.29, 0.717) is 0 Å². The molecule has 0 unspecified atom stereocenters. The van der Waals surface area contributed by atoms with E-state index in [4.69, 9.17) is 11.6 Å². The van der Waals surface area contributed by atoms with Crippen LogP contribution < -0.4 is 4.72 Å². The fourth-order valence-corrected chi connectivity index (χ4v) is 3.03. The number of phenolic OH excluding ortho intramolecular Hbond substituents is 1. The second-order valence-electron chi connectivity index (χ2n) is 3.72. The van der Waals surface area contributed by atoms with Crippen molar-refractivity contribution in [3.05, 3.63) is 52.0 Å². The van der Waals surface area contributed by atoms with Gasteiger partial charge in [-0.3, -0.25) is 4.72 Å². The minimum Gasteiger partial charge on any atom is -0.508 e. The van der Waals surface area contributed by atoms with E-state index >= 15 is 0 Å². The Kier molecular flexibility index (Phi) is 4.03. The van der Waals surface area contributed by atoms with E-state index < -0.39 is 10.0 Å². The zero-order valence-corrected chi connectivity index (χ0v) is 12.6. The first-order valence-corrected chi connectivity index (χ1v) is 7.81. The van der Waals surface area contributed by atoms with Crippen LogP contribution in [-0.2, 0) is 10.0 Å². The summed E-state index contributed by atoms with van der Waals surface area (Å²) in [5, 5.41) is 9.34. The maximum absolute atomic E-state index is 12.1. The van der Waals surface area contributed by atoms with Crippen LogP contribution >= 0.6 is 27.5 Å². The van der Waals surface area contributed by atoms with E-state index in [9.17, 15) is 13.5 Å². The summed E-state index contributed by atoms with van der Waals surface area (Å²) in [5.74, 6) is -0.0309. The fourth-order valence-electron chi connectivity index (χ4n) is 1.40. The van der Waals surface area contributed by atoms with Gasteiger partial charge in [-0.15, -0.1) is 0 Å². The number of halogens is 2. The summed E-state index contributed by atoms with van der Waals surface area (Å²) in [5.41, 5.74) is 0.211. The van der Waals surface area contributed by atoms with Gasteiger partial charge in [0.1, 0.15) is 5.75 Å². The molecule has 19 heavy (non-hydrogen) atoms. The molecule has 0 heterocycles. The molecule has 0 bridgehead atoms. The second kappa shape index (κ2) is 5.40. The Bertz CT molecular complexity index is 701. The van der Waals surface area contributed by atoms with Crippen LogP contribution in [0.25, 0.3) is 0 Å². The number of hydrogen-bond donors (Lipinski definition) is 2. The smallest absolute Gasteiger partial charge is 0.261 e. The molecule has 0 amide bonds. The number of sulfonamides is 1. The molecule has 4 nitrogen and oxygen atoms in total. The summed E-state index contributed by atoms with van der Waals surface area (Å²) < 4.78 is 27.4. The Morgan fingerprint density at radius 1 is 1.11 bits per heavy atom. The topological polar surface area (TPSA) is 66.4 Å². The highest BCUT2D eigenvalue weighted by Crippen LogP contribution is 2.28. The van der Waals surface area contributed by atoms with Crippen LogP contribution in [0.5, 0.6) is 5.75 Å². The molecule has 0 aromatic heterocycles. The number of rotatable bonds is 3. The standard InChI is InChI=1S/C12H9BrClNO3S/c13-8-1-4-10(5-2-8)19(17,18)15-12-6-3-9(16)7-11(12)14/h1-7,15-16H. The van der Waals surface area contributed by atoms with E-state index in [2.05, 4.69) is 20.7 Å². The predicted molar refractivity (Wildman–Crippen MR) is 78.1 cm³/mol. The lowest BCUT2D eigenvalue weighted by Crippen LogP contribution is -2.13.